The van der Waals surface area contributed by atoms with Gasteiger partial charge in [0.15, 0.2) is 0 Å². The summed E-state index contributed by atoms with van der Waals surface area (Å²) >= 11 is 0. The fraction of sp³-hybridized carbons (Fsp3) is 0.556. The van der Waals surface area contributed by atoms with Gasteiger partial charge >= 0.3 is 6.09 Å². The number of hydrogen-bond donors (Lipinski definition) is 0. The van der Waals surface area contributed by atoms with Crippen molar-refractivity contribution in [3.05, 3.63) is 35.4 Å². The van der Waals surface area contributed by atoms with Crippen molar-refractivity contribution in [1.29, 1.82) is 0 Å². The van der Waals surface area contributed by atoms with E-state index in [1.807, 2.05) is 49.9 Å². The Bertz CT molecular complexity index is 615. The first kappa shape index (κ1) is 15.8. The normalized spacial score (nSPS) is 18.5. The van der Waals surface area contributed by atoms with Crippen LogP contribution in [0.3, 0.4) is 0 Å². The van der Waals surface area contributed by atoms with Crippen LogP contribution >= 0.6 is 0 Å². The van der Waals surface area contributed by atoms with Crippen molar-refractivity contribution in [1.82, 2.24) is 9.80 Å². The number of hydrogen-bond acceptors (Lipinski definition) is 3. The molecule has 0 saturated carbocycles. The molecule has 23 heavy (non-hydrogen) atoms. The summed E-state index contributed by atoms with van der Waals surface area (Å²) < 4.78 is 5.35. The van der Waals surface area contributed by atoms with Gasteiger partial charge in [-0.25, -0.2) is 4.79 Å². The van der Waals surface area contributed by atoms with Gasteiger partial charge < -0.3 is 14.5 Å². The molecule has 0 aromatic heterocycles. The molecule has 1 aromatic carbocycles. The van der Waals surface area contributed by atoms with Crippen molar-refractivity contribution in [3.8, 4) is 0 Å². The highest BCUT2D eigenvalue weighted by Gasteiger charge is 2.36. The minimum absolute atomic E-state index is 0.113. The standard InChI is InChI=1S/C18H24N2O3/c1-18(2,3)23-17(22)20-11-13(12-20)10-19-9-8-14-6-4-5-7-15(14)16(19)21/h4-7,13H,8-12H2,1-3H3. The van der Waals surface area contributed by atoms with Gasteiger partial charge in [0.1, 0.15) is 5.60 Å². The quantitative estimate of drug-likeness (QED) is 0.842. The van der Waals surface area contributed by atoms with Crippen molar-refractivity contribution < 1.29 is 14.3 Å². The van der Waals surface area contributed by atoms with Crippen LogP contribution in [0.2, 0.25) is 0 Å². The monoisotopic (exact) mass is 316 g/mol. The van der Waals surface area contributed by atoms with Gasteiger partial charge in [0.2, 0.25) is 0 Å². The molecule has 2 aliphatic heterocycles. The van der Waals surface area contributed by atoms with E-state index in [9.17, 15) is 9.59 Å². The highest BCUT2D eigenvalue weighted by atomic mass is 16.6. The van der Waals surface area contributed by atoms with Gasteiger partial charge in [-0.2, -0.15) is 0 Å². The molecule has 3 rings (SSSR count). The Hall–Kier alpha value is -2.04. The van der Waals surface area contributed by atoms with Crippen LogP contribution in [0.4, 0.5) is 4.79 Å². The maximum Gasteiger partial charge on any atom is 0.410 e. The zero-order valence-corrected chi connectivity index (χ0v) is 14.0. The maximum absolute atomic E-state index is 12.5. The lowest BCUT2D eigenvalue weighted by atomic mass is 9.95. The third kappa shape index (κ3) is 3.49. The van der Waals surface area contributed by atoms with Crippen molar-refractivity contribution in [3.63, 3.8) is 0 Å². The Morgan fingerprint density at radius 1 is 1.26 bits per heavy atom. The first-order chi connectivity index (χ1) is 10.8. The van der Waals surface area contributed by atoms with E-state index >= 15 is 0 Å². The summed E-state index contributed by atoms with van der Waals surface area (Å²) in [4.78, 5) is 28.1. The molecular formula is C18H24N2O3. The molecule has 0 N–H and O–H groups in total. The number of ether oxygens (including phenoxy) is 1. The number of rotatable bonds is 2. The van der Waals surface area contributed by atoms with Crippen molar-refractivity contribution >= 4 is 12.0 Å². The highest BCUT2D eigenvalue weighted by Crippen LogP contribution is 2.24. The van der Waals surface area contributed by atoms with Crippen molar-refractivity contribution in [2.24, 2.45) is 5.92 Å². The number of carbonyl (C=O) groups is 2. The van der Waals surface area contributed by atoms with Crippen LogP contribution < -0.4 is 0 Å². The molecule has 1 saturated heterocycles. The first-order valence-electron chi connectivity index (χ1n) is 8.18. The molecule has 5 nitrogen and oxygen atoms in total. The Balaban J connectivity index is 1.51. The van der Waals surface area contributed by atoms with Crippen LogP contribution in [0.15, 0.2) is 24.3 Å². The number of nitrogens with zero attached hydrogens (tertiary/aromatic N) is 2. The largest absolute Gasteiger partial charge is 0.444 e. The lowest BCUT2D eigenvalue weighted by Gasteiger charge is -2.42. The van der Waals surface area contributed by atoms with E-state index in [-0.39, 0.29) is 12.0 Å². The predicted molar refractivity (Wildman–Crippen MR) is 87.3 cm³/mol. The molecule has 2 aliphatic rings. The average molecular weight is 316 g/mol. The maximum atomic E-state index is 12.5. The third-order valence-electron chi connectivity index (χ3n) is 4.27. The number of amides is 2. The third-order valence-corrected chi connectivity index (χ3v) is 4.27. The molecule has 0 spiro atoms. The van der Waals surface area contributed by atoms with E-state index in [2.05, 4.69) is 0 Å². The second-order valence-electron chi connectivity index (χ2n) is 7.41. The van der Waals surface area contributed by atoms with Gasteiger partial charge in [-0.3, -0.25) is 4.79 Å². The van der Waals surface area contributed by atoms with E-state index in [0.717, 1.165) is 24.1 Å². The van der Waals surface area contributed by atoms with Gasteiger partial charge in [0, 0.05) is 37.7 Å². The summed E-state index contributed by atoms with van der Waals surface area (Å²) in [6.45, 7) is 8.41. The molecule has 0 bridgehead atoms. The Labute approximate surface area is 137 Å². The summed E-state index contributed by atoms with van der Waals surface area (Å²) in [7, 11) is 0. The van der Waals surface area contributed by atoms with Crippen LogP contribution in [0.25, 0.3) is 0 Å². The van der Waals surface area contributed by atoms with Crippen LogP contribution in [-0.2, 0) is 11.2 Å². The van der Waals surface area contributed by atoms with Gasteiger partial charge in [0.05, 0.1) is 0 Å². The molecule has 0 aliphatic carbocycles. The van der Waals surface area contributed by atoms with Gasteiger partial charge in [0.25, 0.3) is 5.91 Å². The molecule has 0 atom stereocenters. The van der Waals surface area contributed by atoms with E-state index in [1.165, 1.54) is 0 Å². The van der Waals surface area contributed by atoms with E-state index in [0.29, 0.717) is 25.6 Å². The molecule has 1 fully saturated rings. The molecule has 0 unspecified atom stereocenters. The summed E-state index contributed by atoms with van der Waals surface area (Å²) in [5.41, 5.74) is 1.49. The smallest absolute Gasteiger partial charge is 0.410 e. The summed E-state index contributed by atoms with van der Waals surface area (Å²) in [6.07, 6.45) is 0.647. The van der Waals surface area contributed by atoms with Gasteiger partial charge in [-0.1, -0.05) is 18.2 Å². The lowest BCUT2D eigenvalue weighted by molar-refractivity contribution is -0.00562. The number of benzene rings is 1. The predicted octanol–water partition coefficient (Wildman–Crippen LogP) is 2.55. The summed E-state index contributed by atoms with van der Waals surface area (Å²) in [5.74, 6) is 0.458. The van der Waals surface area contributed by atoms with Crippen LogP contribution in [0.5, 0.6) is 0 Å². The SMILES string of the molecule is CC(C)(C)OC(=O)N1CC(CN2CCc3ccccc3C2=O)C1. The Kier molecular flexibility index (Phi) is 4.04. The Morgan fingerprint density at radius 3 is 2.65 bits per heavy atom. The average Bonchev–Trinajstić information content (AvgIpc) is 2.42. The van der Waals surface area contributed by atoms with E-state index in [4.69, 9.17) is 4.74 Å². The zero-order chi connectivity index (χ0) is 16.6. The lowest BCUT2D eigenvalue weighted by Crippen LogP contribution is -2.56. The topological polar surface area (TPSA) is 49.9 Å². The second kappa shape index (κ2) is 5.87. The fourth-order valence-corrected chi connectivity index (χ4v) is 3.12. The molecule has 5 heteroatoms. The van der Waals surface area contributed by atoms with Gasteiger partial charge in [-0.15, -0.1) is 0 Å². The fourth-order valence-electron chi connectivity index (χ4n) is 3.12. The van der Waals surface area contributed by atoms with Crippen LogP contribution in [-0.4, -0.2) is 53.6 Å². The van der Waals surface area contributed by atoms with E-state index in [1.54, 1.807) is 4.90 Å². The molecule has 1 aromatic rings. The molecular weight excluding hydrogens is 292 g/mol. The molecule has 2 heterocycles. The van der Waals surface area contributed by atoms with Crippen molar-refractivity contribution in [2.75, 3.05) is 26.2 Å². The number of likely N-dealkylation sites (tertiary alicyclic amines) is 1. The molecule has 124 valence electrons. The van der Waals surface area contributed by atoms with Crippen molar-refractivity contribution in [2.45, 2.75) is 32.8 Å². The first-order valence-corrected chi connectivity index (χ1v) is 8.18. The second-order valence-corrected chi connectivity index (χ2v) is 7.41. The van der Waals surface area contributed by atoms with Gasteiger partial charge in [-0.05, 0) is 38.8 Å². The highest BCUT2D eigenvalue weighted by molar-refractivity contribution is 5.96. The summed E-state index contributed by atoms with van der Waals surface area (Å²) in [6, 6.07) is 7.82. The molecule has 2 amide bonds. The van der Waals surface area contributed by atoms with Crippen LogP contribution in [0.1, 0.15) is 36.7 Å². The molecule has 0 radical (unpaired) electrons. The zero-order valence-electron chi connectivity index (χ0n) is 14.0. The number of fused-ring (bicyclic) bond motifs is 1. The van der Waals surface area contributed by atoms with E-state index < -0.39 is 5.60 Å². The minimum Gasteiger partial charge on any atom is -0.444 e. The summed E-state index contributed by atoms with van der Waals surface area (Å²) in [5, 5.41) is 0. The number of carbonyl (C=O) groups excluding carboxylic acids is 2. The minimum atomic E-state index is -0.464. The Morgan fingerprint density at radius 2 is 1.96 bits per heavy atom. The van der Waals surface area contributed by atoms with Crippen LogP contribution in [0, 0.1) is 5.92 Å².